The third-order valence-electron chi connectivity index (χ3n) is 2.29. The molecule has 0 heterocycles. The van der Waals surface area contributed by atoms with E-state index >= 15 is 0 Å². The lowest BCUT2D eigenvalue weighted by atomic mass is 10.3. The van der Waals surface area contributed by atoms with E-state index in [2.05, 4.69) is 5.32 Å². The van der Waals surface area contributed by atoms with Crippen LogP contribution in [0.2, 0.25) is 0 Å². The van der Waals surface area contributed by atoms with Gasteiger partial charge in [0.1, 0.15) is 11.2 Å². The van der Waals surface area contributed by atoms with Crippen molar-refractivity contribution in [3.63, 3.8) is 0 Å². The van der Waals surface area contributed by atoms with Gasteiger partial charge in [-0.2, -0.15) is 0 Å². The first-order chi connectivity index (χ1) is 8.45. The Balaban J connectivity index is 2.80. The third-order valence-corrected chi connectivity index (χ3v) is 2.49. The molecule has 0 aromatic heterocycles. The van der Waals surface area contributed by atoms with E-state index in [-0.39, 0.29) is 5.82 Å². The van der Waals surface area contributed by atoms with Gasteiger partial charge in [-0.1, -0.05) is 0 Å². The van der Waals surface area contributed by atoms with Gasteiger partial charge in [0.15, 0.2) is 0 Å². The number of alkyl halides is 1. The number of urea groups is 1. The van der Waals surface area contributed by atoms with E-state index < -0.39 is 17.3 Å². The van der Waals surface area contributed by atoms with Crippen LogP contribution in [0.4, 0.5) is 14.9 Å². The van der Waals surface area contributed by atoms with Gasteiger partial charge in [-0.3, -0.25) is 15.0 Å². The molecule has 0 spiro atoms. The lowest BCUT2D eigenvalue weighted by Gasteiger charge is -2.21. The summed E-state index contributed by atoms with van der Waals surface area (Å²) in [5.74, 6) is -0.956. The molecular formula is C12H14ClFN2O2. The van der Waals surface area contributed by atoms with Crippen molar-refractivity contribution in [1.82, 2.24) is 5.32 Å². The number of carbonyl (C=O) groups is 2. The van der Waals surface area contributed by atoms with Crippen LogP contribution in [0.25, 0.3) is 0 Å². The molecule has 0 aliphatic rings. The Morgan fingerprint density at radius 1 is 1.39 bits per heavy atom. The molecule has 1 rings (SSSR count). The van der Waals surface area contributed by atoms with Crippen molar-refractivity contribution in [2.75, 3.05) is 11.4 Å². The molecule has 0 aliphatic carbocycles. The Morgan fingerprint density at radius 3 is 2.39 bits per heavy atom. The first-order valence-corrected chi connectivity index (χ1v) is 5.91. The van der Waals surface area contributed by atoms with E-state index in [1.807, 2.05) is 0 Å². The average molecular weight is 273 g/mol. The summed E-state index contributed by atoms with van der Waals surface area (Å²) in [7, 11) is 0. The molecule has 1 unspecified atom stereocenters. The highest BCUT2D eigenvalue weighted by molar-refractivity contribution is 6.31. The fourth-order valence-electron chi connectivity index (χ4n) is 1.34. The monoisotopic (exact) mass is 272 g/mol. The van der Waals surface area contributed by atoms with E-state index in [9.17, 15) is 14.0 Å². The van der Waals surface area contributed by atoms with Gasteiger partial charge in [-0.25, -0.2) is 9.18 Å². The number of hydrogen-bond acceptors (Lipinski definition) is 2. The van der Waals surface area contributed by atoms with E-state index in [0.717, 1.165) is 0 Å². The largest absolute Gasteiger partial charge is 0.328 e. The van der Waals surface area contributed by atoms with Gasteiger partial charge in [0.25, 0.3) is 0 Å². The number of amides is 3. The molecular weight excluding hydrogens is 259 g/mol. The molecule has 0 saturated heterocycles. The summed E-state index contributed by atoms with van der Waals surface area (Å²) in [6.45, 7) is 3.57. The maximum absolute atomic E-state index is 12.8. The molecule has 0 bridgehead atoms. The van der Waals surface area contributed by atoms with Crippen molar-refractivity contribution in [2.45, 2.75) is 19.2 Å². The molecule has 6 heteroatoms. The molecule has 3 amide bonds. The second-order valence-corrected chi connectivity index (χ2v) is 4.29. The highest BCUT2D eigenvalue weighted by Crippen LogP contribution is 2.14. The molecule has 4 nitrogen and oxygen atoms in total. The molecule has 0 radical (unpaired) electrons. The fourth-order valence-corrected chi connectivity index (χ4v) is 1.39. The van der Waals surface area contributed by atoms with Crippen LogP contribution in [-0.2, 0) is 4.79 Å². The SMILES string of the molecule is CCN(C(=O)NC(=O)C(C)Cl)c1ccc(F)cc1. The maximum atomic E-state index is 12.8. The summed E-state index contributed by atoms with van der Waals surface area (Å²) in [5.41, 5.74) is 0.506. The molecule has 0 aliphatic heterocycles. The Morgan fingerprint density at radius 2 is 1.94 bits per heavy atom. The van der Waals surface area contributed by atoms with Gasteiger partial charge >= 0.3 is 6.03 Å². The predicted octanol–water partition coefficient (Wildman–Crippen LogP) is 2.52. The van der Waals surface area contributed by atoms with E-state index in [1.54, 1.807) is 6.92 Å². The second kappa shape index (κ2) is 6.35. The standard InChI is InChI=1S/C12H14ClFN2O2/c1-3-16(10-6-4-9(14)5-7-10)12(18)15-11(17)8(2)13/h4-8H,3H2,1-2H3,(H,15,17,18). The van der Waals surface area contributed by atoms with Gasteiger partial charge in [0, 0.05) is 12.2 Å². The number of nitrogens with zero attached hydrogens (tertiary/aromatic N) is 1. The summed E-state index contributed by atoms with van der Waals surface area (Å²) in [6, 6.07) is 4.84. The number of benzene rings is 1. The summed E-state index contributed by atoms with van der Waals surface area (Å²) < 4.78 is 12.8. The molecule has 1 aromatic carbocycles. The number of imide groups is 1. The van der Waals surface area contributed by atoms with Crippen molar-refractivity contribution in [1.29, 1.82) is 0 Å². The summed E-state index contributed by atoms with van der Waals surface area (Å²) >= 11 is 5.55. The van der Waals surface area contributed by atoms with Crippen LogP contribution in [0.5, 0.6) is 0 Å². The van der Waals surface area contributed by atoms with Crippen LogP contribution in [0.1, 0.15) is 13.8 Å². The number of carbonyl (C=O) groups excluding carboxylic acids is 2. The molecule has 0 saturated carbocycles. The zero-order chi connectivity index (χ0) is 13.7. The summed E-state index contributed by atoms with van der Waals surface area (Å²) in [5, 5.41) is 1.37. The minimum Gasteiger partial charge on any atom is -0.294 e. The molecule has 1 N–H and O–H groups in total. The van der Waals surface area contributed by atoms with Crippen molar-refractivity contribution >= 4 is 29.2 Å². The zero-order valence-electron chi connectivity index (χ0n) is 10.1. The number of hydrogen-bond donors (Lipinski definition) is 1. The minimum atomic E-state index is -0.791. The van der Waals surface area contributed by atoms with Crippen LogP contribution >= 0.6 is 11.6 Å². The van der Waals surface area contributed by atoms with Gasteiger partial charge in [0.05, 0.1) is 0 Å². The highest BCUT2D eigenvalue weighted by Gasteiger charge is 2.18. The normalized spacial score (nSPS) is 11.8. The number of halogens is 2. The van der Waals surface area contributed by atoms with Crippen LogP contribution in [0, 0.1) is 5.82 Å². The summed E-state index contributed by atoms with van der Waals surface area (Å²) in [6.07, 6.45) is 0. The van der Waals surface area contributed by atoms with Gasteiger partial charge < -0.3 is 0 Å². The quantitative estimate of drug-likeness (QED) is 0.860. The highest BCUT2D eigenvalue weighted by atomic mass is 35.5. The predicted molar refractivity (Wildman–Crippen MR) is 68.3 cm³/mol. The lowest BCUT2D eigenvalue weighted by molar-refractivity contribution is -0.119. The van der Waals surface area contributed by atoms with Crippen LogP contribution in [-0.4, -0.2) is 23.9 Å². The van der Waals surface area contributed by atoms with Crippen LogP contribution in [0.3, 0.4) is 0 Å². The van der Waals surface area contributed by atoms with Gasteiger partial charge in [-0.15, -0.1) is 11.6 Å². The Kier molecular flexibility index (Phi) is 5.09. The molecule has 1 atom stereocenters. The topological polar surface area (TPSA) is 49.4 Å². The van der Waals surface area contributed by atoms with E-state index in [0.29, 0.717) is 12.2 Å². The molecule has 0 fully saturated rings. The van der Waals surface area contributed by atoms with Crippen molar-refractivity contribution in [3.05, 3.63) is 30.1 Å². The Bertz CT molecular complexity index is 434. The van der Waals surface area contributed by atoms with Crippen LogP contribution < -0.4 is 10.2 Å². The molecule has 18 heavy (non-hydrogen) atoms. The van der Waals surface area contributed by atoms with E-state index in [1.165, 1.54) is 36.1 Å². The van der Waals surface area contributed by atoms with Crippen molar-refractivity contribution in [2.24, 2.45) is 0 Å². The minimum absolute atomic E-state index is 0.349. The van der Waals surface area contributed by atoms with Crippen LogP contribution in [0.15, 0.2) is 24.3 Å². The maximum Gasteiger partial charge on any atom is 0.328 e. The van der Waals surface area contributed by atoms with Gasteiger partial charge in [-0.05, 0) is 38.1 Å². The number of anilines is 1. The first-order valence-electron chi connectivity index (χ1n) is 5.47. The Labute approximate surface area is 110 Å². The zero-order valence-corrected chi connectivity index (χ0v) is 10.9. The summed E-state index contributed by atoms with van der Waals surface area (Å²) in [4.78, 5) is 24.4. The van der Waals surface area contributed by atoms with Gasteiger partial charge in [0.2, 0.25) is 5.91 Å². The second-order valence-electron chi connectivity index (χ2n) is 3.63. The molecule has 98 valence electrons. The molecule has 1 aromatic rings. The average Bonchev–Trinajstić information content (AvgIpc) is 2.32. The van der Waals surface area contributed by atoms with Crippen molar-refractivity contribution in [3.8, 4) is 0 Å². The first kappa shape index (κ1) is 14.4. The smallest absolute Gasteiger partial charge is 0.294 e. The number of nitrogens with one attached hydrogen (secondary N) is 1. The van der Waals surface area contributed by atoms with E-state index in [4.69, 9.17) is 11.6 Å². The Hall–Kier alpha value is -1.62. The third kappa shape index (κ3) is 3.70. The lowest BCUT2D eigenvalue weighted by Crippen LogP contribution is -2.45. The number of rotatable bonds is 3. The van der Waals surface area contributed by atoms with Crippen molar-refractivity contribution < 1.29 is 14.0 Å². The fraction of sp³-hybridized carbons (Fsp3) is 0.333.